The minimum absolute atomic E-state index is 0.0946. The molecule has 0 spiro atoms. The molecule has 2 amide bonds. The lowest BCUT2D eigenvalue weighted by molar-refractivity contribution is -0.137. The molecule has 0 saturated carbocycles. The normalized spacial score (nSPS) is 11.7. The van der Waals surface area contributed by atoms with Crippen LogP contribution in [0.15, 0.2) is 42.5 Å². The summed E-state index contributed by atoms with van der Waals surface area (Å²) >= 11 is 0. The van der Waals surface area contributed by atoms with E-state index in [0.29, 0.717) is 16.5 Å². The Labute approximate surface area is 146 Å². The van der Waals surface area contributed by atoms with Crippen LogP contribution in [0.4, 0.5) is 18.0 Å². The Hall–Kier alpha value is -3.29. The van der Waals surface area contributed by atoms with Crippen molar-refractivity contribution in [2.75, 3.05) is 0 Å². The number of fused-ring (bicyclic) bond motifs is 1. The van der Waals surface area contributed by atoms with Crippen LogP contribution in [0.5, 0.6) is 0 Å². The molecule has 3 aromatic rings. The van der Waals surface area contributed by atoms with E-state index in [1.54, 1.807) is 18.2 Å². The molecule has 8 heteroatoms. The van der Waals surface area contributed by atoms with Crippen LogP contribution in [0.1, 0.15) is 21.5 Å². The molecule has 1 aromatic heterocycles. The van der Waals surface area contributed by atoms with Crippen LogP contribution in [0.2, 0.25) is 0 Å². The summed E-state index contributed by atoms with van der Waals surface area (Å²) in [7, 11) is 0. The first-order valence-electron chi connectivity index (χ1n) is 7.53. The summed E-state index contributed by atoms with van der Waals surface area (Å²) in [5, 5.41) is 0.523. The highest BCUT2D eigenvalue weighted by molar-refractivity contribution is 6.09. The fraction of sp³-hybridized carbons (Fsp3) is 0.111. The summed E-state index contributed by atoms with van der Waals surface area (Å²) in [6.45, 7) is 1.50. The smallest absolute Gasteiger partial charge is 0.366 e. The maximum atomic E-state index is 12.9. The maximum absolute atomic E-state index is 12.9. The van der Waals surface area contributed by atoms with Gasteiger partial charge in [0, 0.05) is 10.9 Å². The van der Waals surface area contributed by atoms with Gasteiger partial charge in [0.05, 0.1) is 22.3 Å². The van der Waals surface area contributed by atoms with Crippen molar-refractivity contribution in [2.45, 2.75) is 13.1 Å². The zero-order valence-electron chi connectivity index (χ0n) is 13.6. The first kappa shape index (κ1) is 17.5. The first-order valence-corrected chi connectivity index (χ1v) is 7.53. The number of nitrogens with zero attached hydrogens (tertiary/aromatic N) is 1. The molecule has 0 fully saturated rings. The number of nitrogens with two attached hydrogens (primary N) is 2. The molecule has 2 aromatic carbocycles. The van der Waals surface area contributed by atoms with Gasteiger partial charge in [0.15, 0.2) is 0 Å². The summed E-state index contributed by atoms with van der Waals surface area (Å²) < 4.78 is 39.8. The van der Waals surface area contributed by atoms with Crippen LogP contribution in [0.3, 0.4) is 0 Å². The maximum Gasteiger partial charge on any atom is 0.416 e. The summed E-state index contributed by atoms with van der Waals surface area (Å²) in [6.07, 6.45) is -4.47. The third kappa shape index (κ3) is 2.79. The molecule has 0 radical (unpaired) electrons. The molecule has 0 bridgehead atoms. The van der Waals surface area contributed by atoms with Crippen molar-refractivity contribution in [1.82, 2.24) is 4.57 Å². The Morgan fingerprint density at radius 1 is 1.04 bits per heavy atom. The number of hydrogen-bond acceptors (Lipinski definition) is 2. The van der Waals surface area contributed by atoms with Crippen molar-refractivity contribution in [3.05, 3.63) is 59.2 Å². The standard InChI is InChI=1S/C18H14F3N3O2/c1-9-7-11(18(19,20)21)5-6-12(9)14-8-10-3-2-4-13(16(22)25)15(10)24(14)17(23)26/h2-8H,1H3,(H2,22,25)(H2,23,26). The zero-order chi connectivity index (χ0) is 19.2. The van der Waals surface area contributed by atoms with Crippen LogP contribution < -0.4 is 11.5 Å². The van der Waals surface area contributed by atoms with Gasteiger partial charge in [-0.1, -0.05) is 18.2 Å². The molecule has 0 atom stereocenters. The number of benzene rings is 2. The molecular formula is C18H14F3N3O2. The largest absolute Gasteiger partial charge is 0.416 e. The van der Waals surface area contributed by atoms with E-state index in [2.05, 4.69) is 0 Å². The number of halogens is 3. The SMILES string of the molecule is Cc1cc(C(F)(F)F)ccc1-c1cc2cccc(C(N)=O)c2n1C(N)=O. The van der Waals surface area contributed by atoms with Crippen molar-refractivity contribution < 1.29 is 22.8 Å². The van der Waals surface area contributed by atoms with Gasteiger partial charge in [-0.3, -0.25) is 9.36 Å². The average molecular weight is 361 g/mol. The monoisotopic (exact) mass is 361 g/mol. The highest BCUT2D eigenvalue weighted by Gasteiger charge is 2.31. The molecule has 0 saturated heterocycles. The fourth-order valence-corrected chi connectivity index (χ4v) is 3.01. The average Bonchev–Trinajstić information content (AvgIpc) is 2.92. The van der Waals surface area contributed by atoms with Crippen LogP contribution in [-0.4, -0.2) is 16.5 Å². The van der Waals surface area contributed by atoms with E-state index >= 15 is 0 Å². The second kappa shape index (κ2) is 5.91. The zero-order valence-corrected chi connectivity index (χ0v) is 13.6. The van der Waals surface area contributed by atoms with Crippen molar-refractivity contribution >= 4 is 22.8 Å². The summed E-state index contributed by atoms with van der Waals surface area (Å²) in [5.41, 5.74) is 11.4. The fourth-order valence-electron chi connectivity index (χ4n) is 3.01. The molecule has 0 aliphatic rings. The van der Waals surface area contributed by atoms with E-state index in [1.807, 2.05) is 0 Å². The van der Waals surface area contributed by atoms with Crippen molar-refractivity contribution in [3.8, 4) is 11.3 Å². The molecule has 4 N–H and O–H groups in total. The molecule has 5 nitrogen and oxygen atoms in total. The number of para-hydroxylation sites is 1. The number of aromatic nitrogens is 1. The van der Waals surface area contributed by atoms with Gasteiger partial charge in [0.25, 0.3) is 5.91 Å². The lowest BCUT2D eigenvalue weighted by Crippen LogP contribution is -2.22. The second-order valence-corrected chi connectivity index (χ2v) is 5.84. The molecule has 3 rings (SSSR count). The van der Waals surface area contributed by atoms with Crippen molar-refractivity contribution in [1.29, 1.82) is 0 Å². The number of hydrogen-bond donors (Lipinski definition) is 2. The highest BCUT2D eigenvalue weighted by atomic mass is 19.4. The lowest BCUT2D eigenvalue weighted by atomic mass is 10.0. The predicted octanol–water partition coefficient (Wildman–Crippen LogP) is 3.66. The topological polar surface area (TPSA) is 91.1 Å². The van der Waals surface area contributed by atoms with Crippen LogP contribution in [0, 0.1) is 6.92 Å². The molecule has 1 heterocycles. The van der Waals surface area contributed by atoms with Crippen molar-refractivity contribution in [2.24, 2.45) is 11.5 Å². The number of carbonyl (C=O) groups excluding carboxylic acids is 2. The van der Waals surface area contributed by atoms with Gasteiger partial charge in [-0.05, 0) is 36.8 Å². The Bertz CT molecular complexity index is 1050. The minimum Gasteiger partial charge on any atom is -0.366 e. The van der Waals surface area contributed by atoms with E-state index in [4.69, 9.17) is 11.5 Å². The molecule has 0 unspecified atom stereocenters. The summed E-state index contributed by atoms with van der Waals surface area (Å²) in [5.74, 6) is -0.744. The number of rotatable bonds is 2. The third-order valence-corrected chi connectivity index (χ3v) is 4.14. The van der Waals surface area contributed by atoms with Crippen LogP contribution in [0.25, 0.3) is 22.2 Å². The van der Waals surface area contributed by atoms with Gasteiger partial charge < -0.3 is 11.5 Å². The Kier molecular flexibility index (Phi) is 3.98. The van der Waals surface area contributed by atoms with Gasteiger partial charge in [-0.15, -0.1) is 0 Å². The molecular weight excluding hydrogens is 347 g/mol. The summed E-state index contributed by atoms with van der Waals surface area (Å²) in [4.78, 5) is 23.7. The Balaban J connectivity index is 2.33. The molecule has 0 aliphatic heterocycles. The quantitative estimate of drug-likeness (QED) is 0.729. The van der Waals surface area contributed by atoms with Crippen LogP contribution in [-0.2, 0) is 6.18 Å². The number of aryl methyl sites for hydroxylation is 1. The first-order chi connectivity index (χ1) is 12.1. The van der Waals surface area contributed by atoms with E-state index in [9.17, 15) is 22.8 Å². The van der Waals surface area contributed by atoms with Crippen molar-refractivity contribution in [3.63, 3.8) is 0 Å². The van der Waals surface area contributed by atoms with Gasteiger partial charge >= 0.3 is 12.2 Å². The van der Waals surface area contributed by atoms with Gasteiger partial charge in [-0.2, -0.15) is 13.2 Å². The Morgan fingerprint density at radius 2 is 1.73 bits per heavy atom. The minimum atomic E-state index is -4.47. The summed E-state index contributed by atoms with van der Waals surface area (Å²) in [6, 6.07) is 8.61. The number of carbonyl (C=O) groups is 2. The van der Waals surface area contributed by atoms with E-state index in [-0.39, 0.29) is 16.8 Å². The van der Waals surface area contributed by atoms with Gasteiger partial charge in [0.1, 0.15) is 0 Å². The number of amides is 2. The molecule has 26 heavy (non-hydrogen) atoms. The van der Waals surface area contributed by atoms with Crippen LogP contribution >= 0.6 is 0 Å². The van der Waals surface area contributed by atoms with E-state index in [1.165, 1.54) is 19.1 Å². The lowest BCUT2D eigenvalue weighted by Gasteiger charge is -2.13. The highest BCUT2D eigenvalue weighted by Crippen LogP contribution is 2.35. The number of alkyl halides is 3. The third-order valence-electron chi connectivity index (χ3n) is 4.14. The molecule has 134 valence electrons. The predicted molar refractivity (Wildman–Crippen MR) is 90.6 cm³/mol. The number of primary amides is 2. The van der Waals surface area contributed by atoms with Gasteiger partial charge in [-0.25, -0.2) is 4.79 Å². The Morgan fingerprint density at radius 3 is 2.27 bits per heavy atom. The van der Waals surface area contributed by atoms with Gasteiger partial charge in [0.2, 0.25) is 0 Å². The molecule has 0 aliphatic carbocycles. The second-order valence-electron chi connectivity index (χ2n) is 5.84. The van der Waals surface area contributed by atoms with E-state index in [0.717, 1.165) is 16.7 Å². The van der Waals surface area contributed by atoms with E-state index < -0.39 is 23.7 Å².